The minimum atomic E-state index is 0.0978. The van der Waals surface area contributed by atoms with Gasteiger partial charge in [-0.1, -0.05) is 48.0 Å². The number of hydrogen-bond acceptors (Lipinski definition) is 2. The second-order valence-electron chi connectivity index (χ2n) is 4.88. The van der Waals surface area contributed by atoms with Crippen molar-refractivity contribution in [2.24, 2.45) is 5.73 Å². The smallest absolute Gasteiger partial charge is 0.122 e. The molecule has 3 nitrogen and oxygen atoms in total. The fraction of sp³-hybridized carbons (Fsp3) is 0.188. The first-order valence-electron chi connectivity index (χ1n) is 6.41. The summed E-state index contributed by atoms with van der Waals surface area (Å²) < 4.78 is 0. The maximum Gasteiger partial charge on any atom is 0.122 e. The summed E-state index contributed by atoms with van der Waals surface area (Å²) in [5.74, 6) is 0.0978. The Balaban J connectivity index is 2.05. The molecule has 0 aliphatic carbocycles. The zero-order valence-electron chi connectivity index (χ0n) is 11.4. The molecule has 4 heteroatoms. The quantitative estimate of drug-likeness (QED) is 0.655. The number of nitrogen functional groups attached to an aromatic ring is 1. The maximum absolute atomic E-state index is 7.47. The lowest BCUT2D eigenvalue weighted by Crippen LogP contribution is -2.18. The minimum absolute atomic E-state index is 0.0978. The van der Waals surface area contributed by atoms with E-state index in [9.17, 15) is 0 Å². The monoisotopic (exact) mass is 287 g/mol. The van der Waals surface area contributed by atoms with Gasteiger partial charge in [0.05, 0.1) is 0 Å². The molecule has 2 rings (SSSR count). The van der Waals surface area contributed by atoms with Crippen LogP contribution in [0.1, 0.15) is 16.7 Å². The first-order valence-corrected chi connectivity index (χ1v) is 6.79. The molecular formula is C16H18ClN3. The highest BCUT2D eigenvalue weighted by molar-refractivity contribution is 6.31. The Morgan fingerprint density at radius 2 is 1.90 bits per heavy atom. The van der Waals surface area contributed by atoms with Crippen LogP contribution < -0.4 is 5.73 Å². The highest BCUT2D eigenvalue weighted by Crippen LogP contribution is 2.17. The van der Waals surface area contributed by atoms with E-state index >= 15 is 0 Å². The fourth-order valence-corrected chi connectivity index (χ4v) is 2.32. The SMILES string of the molecule is CN(Cc1cccc(C(=N)N)c1)Cc1ccccc1Cl. The van der Waals surface area contributed by atoms with Gasteiger partial charge in [-0.3, -0.25) is 10.3 Å². The van der Waals surface area contributed by atoms with E-state index in [4.69, 9.17) is 22.7 Å². The third-order valence-corrected chi connectivity index (χ3v) is 3.46. The van der Waals surface area contributed by atoms with Gasteiger partial charge in [-0.05, 0) is 30.3 Å². The molecule has 2 aromatic carbocycles. The molecule has 104 valence electrons. The van der Waals surface area contributed by atoms with Crippen LogP contribution in [0.4, 0.5) is 0 Å². The normalized spacial score (nSPS) is 10.8. The summed E-state index contributed by atoms with van der Waals surface area (Å²) in [6.07, 6.45) is 0. The van der Waals surface area contributed by atoms with Crippen molar-refractivity contribution in [3.63, 3.8) is 0 Å². The topological polar surface area (TPSA) is 53.1 Å². The van der Waals surface area contributed by atoms with Gasteiger partial charge in [0.1, 0.15) is 5.84 Å². The van der Waals surface area contributed by atoms with Crippen molar-refractivity contribution < 1.29 is 0 Å². The lowest BCUT2D eigenvalue weighted by Gasteiger charge is -2.18. The van der Waals surface area contributed by atoms with Gasteiger partial charge in [0.15, 0.2) is 0 Å². The lowest BCUT2D eigenvalue weighted by molar-refractivity contribution is 0.319. The zero-order chi connectivity index (χ0) is 14.5. The molecule has 0 saturated carbocycles. The molecule has 0 fully saturated rings. The van der Waals surface area contributed by atoms with Crippen LogP contribution in [0.25, 0.3) is 0 Å². The molecule has 2 aromatic rings. The predicted octanol–water partition coefficient (Wildman–Crippen LogP) is 3.26. The van der Waals surface area contributed by atoms with Gasteiger partial charge in [0, 0.05) is 23.7 Å². The largest absolute Gasteiger partial charge is 0.384 e. The number of nitrogens with two attached hydrogens (primary N) is 1. The summed E-state index contributed by atoms with van der Waals surface area (Å²) in [6, 6.07) is 15.6. The molecule has 0 radical (unpaired) electrons. The van der Waals surface area contributed by atoms with Gasteiger partial charge in [-0.2, -0.15) is 0 Å². The summed E-state index contributed by atoms with van der Waals surface area (Å²) in [6.45, 7) is 1.57. The Bertz CT molecular complexity index is 610. The van der Waals surface area contributed by atoms with Crippen molar-refractivity contribution in [2.75, 3.05) is 7.05 Å². The van der Waals surface area contributed by atoms with Gasteiger partial charge in [0.25, 0.3) is 0 Å². The van der Waals surface area contributed by atoms with Gasteiger partial charge in [-0.15, -0.1) is 0 Å². The average Bonchev–Trinajstić information content (AvgIpc) is 2.41. The molecule has 0 amide bonds. The molecule has 0 aromatic heterocycles. The molecular weight excluding hydrogens is 270 g/mol. The highest BCUT2D eigenvalue weighted by Gasteiger charge is 2.06. The predicted molar refractivity (Wildman–Crippen MR) is 84.1 cm³/mol. The second-order valence-corrected chi connectivity index (χ2v) is 5.28. The molecule has 0 saturated heterocycles. The Hall–Kier alpha value is -1.84. The van der Waals surface area contributed by atoms with Crippen molar-refractivity contribution in [3.05, 3.63) is 70.2 Å². The molecule has 20 heavy (non-hydrogen) atoms. The third-order valence-electron chi connectivity index (χ3n) is 3.09. The fourth-order valence-electron chi connectivity index (χ4n) is 2.12. The van der Waals surface area contributed by atoms with Crippen molar-refractivity contribution in [1.29, 1.82) is 5.41 Å². The molecule has 0 aliphatic rings. The Morgan fingerprint density at radius 3 is 2.60 bits per heavy atom. The Morgan fingerprint density at radius 1 is 1.15 bits per heavy atom. The standard InChI is InChI=1S/C16H18ClN3/c1-20(11-14-6-2-3-8-15(14)17)10-12-5-4-7-13(9-12)16(18)19/h2-9H,10-11H2,1H3,(H3,18,19). The van der Waals surface area contributed by atoms with Crippen LogP contribution in [0.15, 0.2) is 48.5 Å². The number of hydrogen-bond donors (Lipinski definition) is 2. The molecule has 0 heterocycles. The average molecular weight is 288 g/mol. The first kappa shape index (κ1) is 14.6. The molecule has 0 spiro atoms. The van der Waals surface area contributed by atoms with Crippen LogP contribution in [0.3, 0.4) is 0 Å². The van der Waals surface area contributed by atoms with Crippen LogP contribution >= 0.6 is 11.6 Å². The third kappa shape index (κ3) is 3.83. The van der Waals surface area contributed by atoms with E-state index in [1.807, 2.05) is 55.6 Å². The van der Waals surface area contributed by atoms with Crippen molar-refractivity contribution >= 4 is 17.4 Å². The van der Waals surface area contributed by atoms with Crippen LogP contribution in [0, 0.1) is 5.41 Å². The van der Waals surface area contributed by atoms with E-state index in [2.05, 4.69) is 4.90 Å². The van der Waals surface area contributed by atoms with Gasteiger partial charge >= 0.3 is 0 Å². The minimum Gasteiger partial charge on any atom is -0.384 e. The summed E-state index contributed by atoms with van der Waals surface area (Å²) in [7, 11) is 2.05. The highest BCUT2D eigenvalue weighted by atomic mass is 35.5. The Labute approximate surface area is 124 Å². The van der Waals surface area contributed by atoms with E-state index in [0.717, 1.165) is 34.8 Å². The van der Waals surface area contributed by atoms with Gasteiger partial charge < -0.3 is 5.73 Å². The number of nitrogens with zero attached hydrogens (tertiary/aromatic N) is 1. The van der Waals surface area contributed by atoms with E-state index in [0.29, 0.717) is 0 Å². The molecule has 0 atom stereocenters. The Kier molecular flexibility index (Phi) is 4.77. The lowest BCUT2D eigenvalue weighted by atomic mass is 10.1. The molecule has 3 N–H and O–H groups in total. The number of benzene rings is 2. The first-order chi connectivity index (χ1) is 9.56. The van der Waals surface area contributed by atoms with Crippen molar-refractivity contribution in [1.82, 2.24) is 4.90 Å². The van der Waals surface area contributed by atoms with E-state index in [-0.39, 0.29) is 5.84 Å². The number of halogens is 1. The van der Waals surface area contributed by atoms with Crippen molar-refractivity contribution in [3.8, 4) is 0 Å². The molecule has 0 bridgehead atoms. The van der Waals surface area contributed by atoms with E-state index in [1.165, 1.54) is 0 Å². The molecule has 0 aliphatic heterocycles. The van der Waals surface area contributed by atoms with Gasteiger partial charge in [-0.25, -0.2) is 0 Å². The summed E-state index contributed by atoms with van der Waals surface area (Å²) >= 11 is 6.17. The van der Waals surface area contributed by atoms with Crippen LogP contribution in [0.5, 0.6) is 0 Å². The number of amidine groups is 1. The van der Waals surface area contributed by atoms with E-state index < -0.39 is 0 Å². The number of nitrogens with one attached hydrogen (secondary N) is 1. The summed E-state index contributed by atoms with van der Waals surface area (Å²) in [5.41, 5.74) is 8.51. The van der Waals surface area contributed by atoms with E-state index in [1.54, 1.807) is 0 Å². The zero-order valence-corrected chi connectivity index (χ0v) is 12.2. The van der Waals surface area contributed by atoms with Crippen LogP contribution in [0.2, 0.25) is 5.02 Å². The second kappa shape index (κ2) is 6.55. The maximum atomic E-state index is 7.47. The van der Waals surface area contributed by atoms with Crippen LogP contribution in [-0.4, -0.2) is 17.8 Å². The number of rotatable bonds is 5. The van der Waals surface area contributed by atoms with Crippen LogP contribution in [-0.2, 0) is 13.1 Å². The van der Waals surface area contributed by atoms with Crippen molar-refractivity contribution in [2.45, 2.75) is 13.1 Å². The summed E-state index contributed by atoms with van der Waals surface area (Å²) in [5, 5.41) is 8.26. The van der Waals surface area contributed by atoms with Gasteiger partial charge in [0.2, 0.25) is 0 Å². The molecule has 0 unspecified atom stereocenters. The summed E-state index contributed by atoms with van der Waals surface area (Å²) in [4.78, 5) is 2.18.